The van der Waals surface area contributed by atoms with Crippen LogP contribution in [0.4, 0.5) is 5.95 Å². The minimum absolute atomic E-state index is 0.193. The second kappa shape index (κ2) is 6.80. The van der Waals surface area contributed by atoms with Gasteiger partial charge in [0, 0.05) is 44.6 Å². The highest BCUT2D eigenvalue weighted by atomic mass is 16.5. The van der Waals surface area contributed by atoms with Crippen LogP contribution in [0.5, 0.6) is 0 Å². The number of likely N-dealkylation sites (tertiary alicyclic amines) is 1. The average molecular weight is 319 g/mol. The fraction of sp³-hybridized carbons (Fsp3) is 0.688. The molecular formula is C16H25N5O2. The Morgan fingerprint density at radius 2 is 2.17 bits per heavy atom. The first-order valence-electron chi connectivity index (χ1n) is 8.19. The standard InChI is InChI=1S/C16H25N5O2/c1-16(2)12-21(8-9-23-16)14(22)11-20-7-4-13(10-20)19-15-17-5-3-6-18-15/h3,5-6,13H,4,7-12H2,1-2H3,(H,17,18,19)/t13-/m0/s1. The van der Waals surface area contributed by atoms with Crippen LogP contribution in [0, 0.1) is 0 Å². The molecule has 1 aromatic rings. The largest absolute Gasteiger partial charge is 0.372 e. The molecule has 0 bridgehead atoms. The third-order valence-electron chi connectivity index (χ3n) is 4.31. The normalized spacial score (nSPS) is 24.6. The predicted molar refractivity (Wildman–Crippen MR) is 87.1 cm³/mol. The number of hydrogen-bond acceptors (Lipinski definition) is 6. The number of anilines is 1. The number of aromatic nitrogens is 2. The lowest BCUT2D eigenvalue weighted by atomic mass is 10.1. The molecule has 2 aliphatic rings. The van der Waals surface area contributed by atoms with Crippen molar-refractivity contribution in [2.45, 2.75) is 31.9 Å². The van der Waals surface area contributed by atoms with Crippen molar-refractivity contribution in [1.29, 1.82) is 0 Å². The number of hydrogen-bond donors (Lipinski definition) is 1. The molecule has 2 aliphatic heterocycles. The van der Waals surface area contributed by atoms with Gasteiger partial charge in [-0.15, -0.1) is 0 Å². The van der Waals surface area contributed by atoms with Gasteiger partial charge >= 0.3 is 0 Å². The van der Waals surface area contributed by atoms with Crippen molar-refractivity contribution in [1.82, 2.24) is 19.8 Å². The van der Waals surface area contributed by atoms with Gasteiger partial charge in [0.15, 0.2) is 0 Å². The first kappa shape index (κ1) is 16.1. The van der Waals surface area contributed by atoms with Crippen molar-refractivity contribution in [3.8, 4) is 0 Å². The summed E-state index contributed by atoms with van der Waals surface area (Å²) in [6, 6.07) is 2.10. The number of nitrogens with one attached hydrogen (secondary N) is 1. The number of rotatable bonds is 4. The fourth-order valence-electron chi connectivity index (χ4n) is 3.17. The molecular weight excluding hydrogens is 294 g/mol. The third kappa shape index (κ3) is 4.39. The number of ether oxygens (including phenoxy) is 1. The Labute approximate surface area is 137 Å². The number of morpholine rings is 1. The van der Waals surface area contributed by atoms with Crippen LogP contribution in [-0.4, -0.2) is 76.6 Å². The number of carbonyl (C=O) groups excluding carboxylic acids is 1. The van der Waals surface area contributed by atoms with Gasteiger partial charge < -0.3 is 15.0 Å². The summed E-state index contributed by atoms with van der Waals surface area (Å²) < 4.78 is 5.67. The molecule has 1 amide bonds. The molecule has 7 nitrogen and oxygen atoms in total. The van der Waals surface area contributed by atoms with Crippen molar-refractivity contribution < 1.29 is 9.53 Å². The second-order valence-corrected chi connectivity index (χ2v) is 6.86. The van der Waals surface area contributed by atoms with Gasteiger partial charge in [0.25, 0.3) is 0 Å². The smallest absolute Gasteiger partial charge is 0.236 e. The maximum atomic E-state index is 12.5. The lowest BCUT2D eigenvalue weighted by Crippen LogP contribution is -2.52. The van der Waals surface area contributed by atoms with E-state index in [0.29, 0.717) is 38.2 Å². The topological polar surface area (TPSA) is 70.6 Å². The van der Waals surface area contributed by atoms with Crippen molar-refractivity contribution in [3.63, 3.8) is 0 Å². The molecule has 0 unspecified atom stereocenters. The van der Waals surface area contributed by atoms with Crippen LogP contribution in [0.2, 0.25) is 0 Å². The Kier molecular flexibility index (Phi) is 4.77. The van der Waals surface area contributed by atoms with Crippen molar-refractivity contribution in [3.05, 3.63) is 18.5 Å². The quantitative estimate of drug-likeness (QED) is 0.876. The first-order valence-corrected chi connectivity index (χ1v) is 8.19. The first-order chi connectivity index (χ1) is 11.0. The van der Waals surface area contributed by atoms with Crippen LogP contribution in [-0.2, 0) is 9.53 Å². The van der Waals surface area contributed by atoms with Crippen molar-refractivity contribution in [2.24, 2.45) is 0 Å². The van der Waals surface area contributed by atoms with E-state index in [1.807, 2.05) is 18.7 Å². The molecule has 0 aliphatic carbocycles. The predicted octanol–water partition coefficient (Wildman–Crippen LogP) is 0.600. The van der Waals surface area contributed by atoms with Crippen LogP contribution >= 0.6 is 0 Å². The molecule has 0 aromatic carbocycles. The summed E-state index contributed by atoms with van der Waals surface area (Å²) in [5, 5.41) is 3.33. The van der Waals surface area contributed by atoms with Crippen LogP contribution in [0.15, 0.2) is 18.5 Å². The molecule has 0 spiro atoms. The van der Waals surface area contributed by atoms with Gasteiger partial charge in [-0.05, 0) is 26.3 Å². The van der Waals surface area contributed by atoms with E-state index in [9.17, 15) is 4.79 Å². The van der Waals surface area contributed by atoms with Gasteiger partial charge in [-0.3, -0.25) is 9.69 Å². The number of nitrogens with zero attached hydrogens (tertiary/aromatic N) is 4. The SMILES string of the molecule is CC1(C)CN(C(=O)CN2CC[C@H](Nc3ncccn3)C2)CCO1. The molecule has 2 fully saturated rings. The van der Waals surface area contributed by atoms with Crippen molar-refractivity contribution >= 4 is 11.9 Å². The molecule has 126 valence electrons. The fourth-order valence-corrected chi connectivity index (χ4v) is 3.17. The van der Waals surface area contributed by atoms with Crippen molar-refractivity contribution in [2.75, 3.05) is 44.6 Å². The second-order valence-electron chi connectivity index (χ2n) is 6.86. The van der Waals surface area contributed by atoms with Gasteiger partial charge in [-0.2, -0.15) is 0 Å². The molecule has 23 heavy (non-hydrogen) atoms. The molecule has 0 saturated carbocycles. The summed E-state index contributed by atoms with van der Waals surface area (Å²) in [5.74, 6) is 0.846. The van der Waals surface area contributed by atoms with Gasteiger partial charge in [-0.1, -0.05) is 0 Å². The van der Waals surface area contributed by atoms with E-state index in [-0.39, 0.29) is 11.5 Å². The molecule has 1 N–H and O–H groups in total. The molecule has 7 heteroatoms. The maximum absolute atomic E-state index is 12.5. The van der Waals surface area contributed by atoms with E-state index >= 15 is 0 Å². The molecule has 0 radical (unpaired) electrons. The molecule has 3 heterocycles. The number of carbonyl (C=O) groups is 1. The Hall–Kier alpha value is -1.73. The molecule has 1 aromatic heterocycles. The molecule has 3 rings (SSSR count). The third-order valence-corrected chi connectivity index (χ3v) is 4.31. The summed E-state index contributed by atoms with van der Waals surface area (Å²) >= 11 is 0. The van der Waals surface area contributed by atoms with E-state index in [2.05, 4.69) is 20.2 Å². The van der Waals surface area contributed by atoms with Gasteiger partial charge in [0.1, 0.15) is 0 Å². The zero-order chi connectivity index (χ0) is 16.3. The Bertz CT molecular complexity index is 537. The summed E-state index contributed by atoms with van der Waals surface area (Å²) in [4.78, 5) is 25.0. The van der Waals surface area contributed by atoms with Crippen LogP contribution in [0.1, 0.15) is 20.3 Å². The van der Waals surface area contributed by atoms with Gasteiger partial charge in [0.2, 0.25) is 11.9 Å². The zero-order valence-electron chi connectivity index (χ0n) is 13.9. The highest BCUT2D eigenvalue weighted by molar-refractivity contribution is 5.78. The minimum atomic E-state index is -0.242. The number of amides is 1. The monoisotopic (exact) mass is 319 g/mol. The molecule has 1 atom stereocenters. The highest BCUT2D eigenvalue weighted by Crippen LogP contribution is 2.18. The lowest BCUT2D eigenvalue weighted by molar-refractivity contribution is -0.146. The maximum Gasteiger partial charge on any atom is 0.236 e. The van der Waals surface area contributed by atoms with Gasteiger partial charge in [0.05, 0.1) is 18.8 Å². The summed E-state index contributed by atoms with van der Waals surface area (Å²) in [6.07, 6.45) is 4.46. The summed E-state index contributed by atoms with van der Waals surface area (Å²) in [7, 11) is 0. The van der Waals surface area contributed by atoms with Crippen LogP contribution in [0.25, 0.3) is 0 Å². The molecule has 2 saturated heterocycles. The summed E-state index contributed by atoms with van der Waals surface area (Å²) in [6.45, 7) is 8.28. The lowest BCUT2D eigenvalue weighted by Gasteiger charge is -2.38. The Morgan fingerprint density at radius 1 is 1.39 bits per heavy atom. The van der Waals surface area contributed by atoms with E-state index in [1.165, 1.54) is 0 Å². The minimum Gasteiger partial charge on any atom is -0.372 e. The average Bonchev–Trinajstić information content (AvgIpc) is 2.94. The van der Waals surface area contributed by atoms with E-state index in [4.69, 9.17) is 4.74 Å². The van der Waals surface area contributed by atoms with E-state index < -0.39 is 0 Å². The Balaban J connectivity index is 1.47. The van der Waals surface area contributed by atoms with Crippen LogP contribution < -0.4 is 5.32 Å². The zero-order valence-corrected chi connectivity index (χ0v) is 13.9. The van der Waals surface area contributed by atoms with E-state index in [1.54, 1.807) is 18.5 Å². The van der Waals surface area contributed by atoms with Crippen LogP contribution in [0.3, 0.4) is 0 Å². The summed E-state index contributed by atoms with van der Waals surface area (Å²) in [5.41, 5.74) is -0.242. The highest BCUT2D eigenvalue weighted by Gasteiger charge is 2.32. The van der Waals surface area contributed by atoms with Gasteiger partial charge in [-0.25, -0.2) is 9.97 Å². The Morgan fingerprint density at radius 3 is 2.91 bits per heavy atom. The van der Waals surface area contributed by atoms with E-state index in [0.717, 1.165) is 19.5 Å².